The van der Waals surface area contributed by atoms with Crippen LogP contribution in [-0.4, -0.2) is 46.4 Å². The molecule has 0 heterocycles. The molecule has 2 rings (SSSR count). The third-order valence-corrected chi connectivity index (χ3v) is 6.04. The van der Waals surface area contributed by atoms with Gasteiger partial charge in [-0.05, 0) is 49.2 Å². The number of ether oxygens (including phenoxy) is 2. The van der Waals surface area contributed by atoms with Gasteiger partial charge in [0.2, 0.25) is 15.9 Å². The summed E-state index contributed by atoms with van der Waals surface area (Å²) in [6.07, 6.45) is 0. The predicted octanol–water partition coefficient (Wildman–Crippen LogP) is 2.58. The molecule has 27 heavy (non-hydrogen) atoms. The molecule has 0 aliphatic carbocycles. The van der Waals surface area contributed by atoms with Gasteiger partial charge in [-0.1, -0.05) is 6.07 Å². The van der Waals surface area contributed by atoms with Crippen LogP contribution in [0.3, 0.4) is 0 Å². The van der Waals surface area contributed by atoms with Gasteiger partial charge < -0.3 is 14.8 Å². The van der Waals surface area contributed by atoms with Gasteiger partial charge in [-0.3, -0.25) is 4.79 Å². The molecule has 146 valence electrons. The second-order valence-corrected chi connectivity index (χ2v) is 8.14. The van der Waals surface area contributed by atoms with Crippen LogP contribution in [0.2, 0.25) is 0 Å². The van der Waals surface area contributed by atoms with Crippen molar-refractivity contribution in [3.05, 3.63) is 47.5 Å². The lowest BCUT2D eigenvalue weighted by Crippen LogP contribution is -2.35. The zero-order valence-corrected chi connectivity index (χ0v) is 16.9. The number of carbonyl (C=O) groups is 1. The van der Waals surface area contributed by atoms with Gasteiger partial charge in [-0.15, -0.1) is 0 Å². The minimum Gasteiger partial charge on any atom is -0.497 e. The van der Waals surface area contributed by atoms with Crippen molar-refractivity contribution >= 4 is 21.6 Å². The summed E-state index contributed by atoms with van der Waals surface area (Å²) >= 11 is 0. The summed E-state index contributed by atoms with van der Waals surface area (Å²) < 4.78 is 37.0. The van der Waals surface area contributed by atoms with Gasteiger partial charge in [0.05, 0.1) is 20.8 Å². The molecule has 0 unspecified atom stereocenters. The quantitative estimate of drug-likeness (QED) is 0.783. The van der Waals surface area contributed by atoms with Gasteiger partial charge in [-0.2, -0.15) is 4.31 Å². The highest BCUT2D eigenvalue weighted by molar-refractivity contribution is 7.89. The number of sulfonamides is 1. The van der Waals surface area contributed by atoms with Crippen LogP contribution < -0.4 is 14.8 Å². The number of methoxy groups -OCH3 is 2. The molecule has 1 amide bonds. The number of aryl methyl sites for hydroxylation is 2. The van der Waals surface area contributed by atoms with E-state index >= 15 is 0 Å². The highest BCUT2D eigenvalue weighted by Crippen LogP contribution is 2.30. The molecule has 0 spiro atoms. The van der Waals surface area contributed by atoms with Gasteiger partial charge >= 0.3 is 0 Å². The number of likely N-dealkylation sites (N-methyl/N-ethyl adjacent to an activating group) is 1. The van der Waals surface area contributed by atoms with E-state index < -0.39 is 15.9 Å². The molecule has 0 aromatic heterocycles. The Balaban J connectivity index is 2.19. The topological polar surface area (TPSA) is 84.9 Å². The minimum atomic E-state index is -3.95. The fourth-order valence-corrected chi connectivity index (χ4v) is 3.75. The molecule has 1 N–H and O–H groups in total. The average Bonchev–Trinajstić information content (AvgIpc) is 2.63. The van der Waals surface area contributed by atoms with Crippen molar-refractivity contribution in [3.63, 3.8) is 0 Å². The van der Waals surface area contributed by atoms with Crippen molar-refractivity contribution in [2.45, 2.75) is 18.7 Å². The number of nitrogens with zero attached hydrogens (tertiary/aromatic N) is 1. The maximum Gasteiger partial charge on any atom is 0.247 e. The van der Waals surface area contributed by atoms with Crippen LogP contribution in [0.4, 0.5) is 5.69 Å². The first-order chi connectivity index (χ1) is 12.7. The summed E-state index contributed by atoms with van der Waals surface area (Å²) in [5.41, 5.74) is 2.76. The standard InChI is InChI=1S/C19H24N2O5S/c1-13-6-7-15(10-14(13)2)20-19(22)12-21(3)27(23,24)18-11-16(25-4)8-9-17(18)26-5/h6-11H,12H2,1-5H3,(H,20,22). The molecule has 8 heteroatoms. The van der Waals surface area contributed by atoms with Crippen LogP contribution in [0.15, 0.2) is 41.3 Å². The van der Waals surface area contributed by atoms with Gasteiger partial charge in [0, 0.05) is 18.8 Å². The number of rotatable bonds is 7. The molecule has 7 nitrogen and oxygen atoms in total. The smallest absolute Gasteiger partial charge is 0.247 e. The Morgan fingerprint density at radius 1 is 1.04 bits per heavy atom. The van der Waals surface area contributed by atoms with Crippen LogP contribution in [-0.2, 0) is 14.8 Å². The molecule has 2 aromatic carbocycles. The maximum absolute atomic E-state index is 12.9. The number of carbonyl (C=O) groups excluding carboxylic acids is 1. The molecule has 0 atom stereocenters. The molecule has 0 aliphatic heterocycles. The number of hydrogen-bond donors (Lipinski definition) is 1. The monoisotopic (exact) mass is 392 g/mol. The van der Waals surface area contributed by atoms with Crippen molar-refractivity contribution < 1.29 is 22.7 Å². The Hall–Kier alpha value is -2.58. The second-order valence-electron chi connectivity index (χ2n) is 6.13. The van der Waals surface area contributed by atoms with E-state index in [0.717, 1.165) is 15.4 Å². The Labute approximate surface area is 160 Å². The highest BCUT2D eigenvalue weighted by Gasteiger charge is 2.27. The predicted molar refractivity (Wildman–Crippen MR) is 104 cm³/mol. The van der Waals surface area contributed by atoms with E-state index in [2.05, 4.69) is 5.32 Å². The van der Waals surface area contributed by atoms with Crippen LogP contribution in [0, 0.1) is 13.8 Å². The molecule has 0 saturated heterocycles. The van der Waals surface area contributed by atoms with E-state index in [9.17, 15) is 13.2 Å². The third-order valence-electron chi connectivity index (χ3n) is 4.22. The lowest BCUT2D eigenvalue weighted by Gasteiger charge is -2.19. The van der Waals surface area contributed by atoms with E-state index in [4.69, 9.17) is 9.47 Å². The molecule has 0 bridgehead atoms. The zero-order valence-electron chi connectivity index (χ0n) is 16.1. The molecule has 0 aliphatic rings. The summed E-state index contributed by atoms with van der Waals surface area (Å²) in [5, 5.41) is 2.71. The maximum atomic E-state index is 12.9. The molecule has 0 fully saturated rings. The molecule has 2 aromatic rings. The van der Waals surface area contributed by atoms with Gasteiger partial charge in [0.25, 0.3) is 0 Å². The molecule has 0 saturated carbocycles. The van der Waals surface area contributed by atoms with E-state index in [1.807, 2.05) is 26.0 Å². The van der Waals surface area contributed by atoms with Crippen molar-refractivity contribution in [1.82, 2.24) is 4.31 Å². The first-order valence-electron chi connectivity index (χ1n) is 8.24. The Morgan fingerprint density at radius 2 is 1.74 bits per heavy atom. The summed E-state index contributed by atoms with van der Waals surface area (Å²) in [7, 11) is 0.218. The fraction of sp³-hybridized carbons (Fsp3) is 0.316. The van der Waals surface area contributed by atoms with Crippen molar-refractivity contribution in [2.24, 2.45) is 0 Å². The number of hydrogen-bond acceptors (Lipinski definition) is 5. The summed E-state index contributed by atoms with van der Waals surface area (Å²) in [6.45, 7) is 3.58. The normalized spacial score (nSPS) is 11.3. The van der Waals surface area contributed by atoms with Crippen LogP contribution in [0.5, 0.6) is 11.5 Å². The average molecular weight is 392 g/mol. The molecular weight excluding hydrogens is 368 g/mol. The van der Waals surface area contributed by atoms with E-state index in [-0.39, 0.29) is 17.2 Å². The van der Waals surface area contributed by atoms with Crippen LogP contribution >= 0.6 is 0 Å². The number of benzene rings is 2. The fourth-order valence-electron chi connectivity index (χ4n) is 2.46. The van der Waals surface area contributed by atoms with Crippen LogP contribution in [0.1, 0.15) is 11.1 Å². The Bertz CT molecular complexity index is 941. The summed E-state index contributed by atoms with van der Waals surface area (Å²) in [4.78, 5) is 12.2. The third kappa shape index (κ3) is 4.78. The van der Waals surface area contributed by atoms with E-state index in [1.165, 1.54) is 33.4 Å². The number of nitrogens with one attached hydrogen (secondary N) is 1. The van der Waals surface area contributed by atoms with Gasteiger partial charge in [-0.25, -0.2) is 8.42 Å². The zero-order chi connectivity index (χ0) is 20.2. The van der Waals surface area contributed by atoms with E-state index in [0.29, 0.717) is 11.4 Å². The van der Waals surface area contributed by atoms with E-state index in [1.54, 1.807) is 12.1 Å². The molecule has 0 radical (unpaired) electrons. The Kier molecular flexibility index (Phi) is 6.45. The summed E-state index contributed by atoms with van der Waals surface area (Å²) in [6, 6.07) is 9.99. The van der Waals surface area contributed by atoms with Crippen molar-refractivity contribution in [1.29, 1.82) is 0 Å². The van der Waals surface area contributed by atoms with Crippen LogP contribution in [0.25, 0.3) is 0 Å². The lowest BCUT2D eigenvalue weighted by molar-refractivity contribution is -0.116. The van der Waals surface area contributed by atoms with Crippen molar-refractivity contribution in [3.8, 4) is 11.5 Å². The SMILES string of the molecule is COc1ccc(OC)c(S(=O)(=O)N(C)CC(=O)Nc2ccc(C)c(C)c2)c1. The summed E-state index contributed by atoms with van der Waals surface area (Å²) in [5.74, 6) is 0.116. The van der Waals surface area contributed by atoms with Crippen molar-refractivity contribution in [2.75, 3.05) is 33.1 Å². The first-order valence-corrected chi connectivity index (χ1v) is 9.68. The second kappa shape index (κ2) is 8.41. The Morgan fingerprint density at radius 3 is 2.33 bits per heavy atom. The highest BCUT2D eigenvalue weighted by atomic mass is 32.2. The minimum absolute atomic E-state index is 0.0640. The largest absolute Gasteiger partial charge is 0.497 e. The first kappa shape index (κ1) is 20.7. The number of anilines is 1. The lowest BCUT2D eigenvalue weighted by atomic mass is 10.1. The molecular formula is C19H24N2O5S. The van der Waals surface area contributed by atoms with Gasteiger partial charge in [0.1, 0.15) is 16.4 Å². The number of amides is 1. The van der Waals surface area contributed by atoms with Gasteiger partial charge in [0.15, 0.2) is 0 Å².